The number of carbonyl (C=O) groups excluding carboxylic acids is 1. The number of morpholine rings is 1. The zero-order valence-electron chi connectivity index (χ0n) is 14.0. The van der Waals surface area contributed by atoms with E-state index in [-0.39, 0.29) is 17.9 Å². The van der Waals surface area contributed by atoms with E-state index >= 15 is 0 Å². The van der Waals surface area contributed by atoms with Gasteiger partial charge in [0, 0.05) is 23.9 Å². The molecule has 1 aromatic carbocycles. The maximum Gasteiger partial charge on any atom is 0.225 e. The second kappa shape index (κ2) is 7.18. The third-order valence-corrected chi connectivity index (χ3v) is 5.37. The predicted octanol–water partition coefficient (Wildman–Crippen LogP) is 3.62. The van der Waals surface area contributed by atoms with Gasteiger partial charge in [0.05, 0.1) is 19.3 Å². The number of rotatable bonds is 4. The highest BCUT2D eigenvalue weighted by Gasteiger charge is 2.34. The van der Waals surface area contributed by atoms with Gasteiger partial charge in [-0.15, -0.1) is 0 Å². The summed E-state index contributed by atoms with van der Waals surface area (Å²) in [7, 11) is 0. The van der Waals surface area contributed by atoms with Gasteiger partial charge in [0.2, 0.25) is 11.8 Å². The van der Waals surface area contributed by atoms with Crippen LogP contribution < -0.4 is 0 Å². The topological polar surface area (TPSA) is 55.6 Å². The predicted molar refractivity (Wildman–Crippen MR) is 93.4 cm³/mol. The summed E-state index contributed by atoms with van der Waals surface area (Å²) in [4.78, 5) is 18.7. The normalized spacial score (nSPS) is 21.2. The first-order valence-electron chi connectivity index (χ1n) is 8.79. The van der Waals surface area contributed by atoms with E-state index in [0.29, 0.717) is 37.0 Å². The van der Waals surface area contributed by atoms with Crippen LogP contribution in [0.5, 0.6) is 0 Å². The van der Waals surface area contributed by atoms with E-state index < -0.39 is 0 Å². The van der Waals surface area contributed by atoms with Crippen LogP contribution in [0.4, 0.5) is 0 Å². The average Bonchev–Trinajstić information content (AvgIpc) is 3.04. The SMILES string of the molecule is O=C(C1CCC1)N1CCO[C@H](c2ncc(Cc3ccccc3Cl)o2)C1. The van der Waals surface area contributed by atoms with E-state index in [1.165, 1.54) is 0 Å². The molecule has 1 amide bonds. The highest BCUT2D eigenvalue weighted by Crippen LogP contribution is 2.31. The van der Waals surface area contributed by atoms with Crippen molar-refractivity contribution in [3.05, 3.63) is 52.7 Å². The van der Waals surface area contributed by atoms with Gasteiger partial charge in [-0.25, -0.2) is 4.98 Å². The first-order chi connectivity index (χ1) is 12.2. The average molecular weight is 361 g/mol. The van der Waals surface area contributed by atoms with Crippen molar-refractivity contribution in [1.29, 1.82) is 0 Å². The molecular weight excluding hydrogens is 340 g/mol. The Morgan fingerprint density at radius 2 is 2.16 bits per heavy atom. The summed E-state index contributed by atoms with van der Waals surface area (Å²) in [5.74, 6) is 1.74. The van der Waals surface area contributed by atoms with Gasteiger partial charge >= 0.3 is 0 Å². The van der Waals surface area contributed by atoms with Crippen molar-refractivity contribution < 1.29 is 13.9 Å². The van der Waals surface area contributed by atoms with E-state index in [9.17, 15) is 4.79 Å². The Hall–Kier alpha value is -1.85. The van der Waals surface area contributed by atoms with Crippen LogP contribution in [0.25, 0.3) is 0 Å². The number of oxazole rings is 1. The van der Waals surface area contributed by atoms with Crippen molar-refractivity contribution in [2.75, 3.05) is 19.7 Å². The summed E-state index contributed by atoms with van der Waals surface area (Å²) in [6.07, 6.45) is 5.20. The molecule has 1 aromatic heterocycles. The van der Waals surface area contributed by atoms with Crippen molar-refractivity contribution in [3.63, 3.8) is 0 Å². The third kappa shape index (κ3) is 3.58. The molecule has 1 aliphatic heterocycles. The number of halogens is 1. The van der Waals surface area contributed by atoms with Crippen LogP contribution in [-0.4, -0.2) is 35.5 Å². The standard InChI is InChI=1S/C19H21ClN2O3/c20-16-7-2-1-4-14(16)10-15-11-21-18(25-15)17-12-22(8-9-24-17)19(23)13-5-3-6-13/h1-2,4,7,11,13,17H,3,5-6,8-10,12H2/t17-/m0/s1. The lowest BCUT2D eigenvalue weighted by atomic mass is 9.84. The van der Waals surface area contributed by atoms with Crippen LogP contribution in [-0.2, 0) is 16.0 Å². The van der Waals surface area contributed by atoms with E-state index in [4.69, 9.17) is 20.8 Å². The van der Waals surface area contributed by atoms with Crippen LogP contribution in [0, 0.1) is 5.92 Å². The Morgan fingerprint density at radius 1 is 1.32 bits per heavy atom. The number of amides is 1. The summed E-state index contributed by atoms with van der Waals surface area (Å²) in [5, 5.41) is 0.714. The van der Waals surface area contributed by atoms with Crippen molar-refractivity contribution >= 4 is 17.5 Å². The van der Waals surface area contributed by atoms with Crippen LogP contribution in [0.3, 0.4) is 0 Å². The Kier molecular flexibility index (Phi) is 4.77. The highest BCUT2D eigenvalue weighted by molar-refractivity contribution is 6.31. The third-order valence-electron chi connectivity index (χ3n) is 5.00. The Labute approximate surface area is 151 Å². The van der Waals surface area contributed by atoms with Gasteiger partial charge in [0.1, 0.15) is 5.76 Å². The smallest absolute Gasteiger partial charge is 0.225 e. The first kappa shape index (κ1) is 16.6. The minimum absolute atomic E-state index is 0.207. The minimum Gasteiger partial charge on any atom is -0.442 e. The molecule has 0 radical (unpaired) electrons. The summed E-state index contributed by atoms with van der Waals surface area (Å²) < 4.78 is 11.7. The molecule has 25 heavy (non-hydrogen) atoms. The molecule has 6 heteroatoms. The summed E-state index contributed by atoms with van der Waals surface area (Å²) in [6.45, 7) is 1.69. The summed E-state index contributed by atoms with van der Waals surface area (Å²) in [6, 6.07) is 7.69. The van der Waals surface area contributed by atoms with Crippen molar-refractivity contribution in [1.82, 2.24) is 9.88 Å². The molecule has 2 aliphatic rings. The number of hydrogen-bond donors (Lipinski definition) is 0. The van der Waals surface area contributed by atoms with Gasteiger partial charge in [-0.05, 0) is 24.5 Å². The van der Waals surface area contributed by atoms with Crippen LogP contribution in [0.1, 0.15) is 42.6 Å². The number of aromatic nitrogens is 1. The Bertz CT molecular complexity index is 757. The number of benzene rings is 1. The minimum atomic E-state index is -0.294. The molecule has 4 rings (SSSR count). The van der Waals surface area contributed by atoms with E-state index in [0.717, 1.165) is 30.6 Å². The van der Waals surface area contributed by atoms with Gasteiger partial charge in [-0.1, -0.05) is 36.2 Å². The fraction of sp³-hybridized carbons (Fsp3) is 0.474. The molecule has 0 N–H and O–H groups in total. The lowest BCUT2D eigenvalue weighted by Crippen LogP contribution is -2.46. The van der Waals surface area contributed by atoms with Crippen LogP contribution in [0.2, 0.25) is 5.02 Å². The van der Waals surface area contributed by atoms with Crippen LogP contribution in [0.15, 0.2) is 34.9 Å². The van der Waals surface area contributed by atoms with Crippen LogP contribution >= 0.6 is 11.6 Å². The van der Waals surface area contributed by atoms with E-state index in [1.54, 1.807) is 6.20 Å². The Balaban J connectivity index is 1.42. The number of nitrogens with zero attached hydrogens (tertiary/aromatic N) is 2. The molecule has 132 valence electrons. The lowest BCUT2D eigenvalue weighted by Gasteiger charge is -2.36. The lowest BCUT2D eigenvalue weighted by molar-refractivity contribution is -0.146. The molecular formula is C19H21ClN2O3. The van der Waals surface area contributed by atoms with Gasteiger partial charge in [0.25, 0.3) is 0 Å². The molecule has 2 aromatic rings. The second-order valence-electron chi connectivity index (χ2n) is 6.70. The Morgan fingerprint density at radius 3 is 2.92 bits per heavy atom. The monoisotopic (exact) mass is 360 g/mol. The second-order valence-corrected chi connectivity index (χ2v) is 7.11. The van der Waals surface area contributed by atoms with E-state index in [2.05, 4.69) is 4.98 Å². The van der Waals surface area contributed by atoms with Crippen molar-refractivity contribution in [3.8, 4) is 0 Å². The molecule has 0 unspecified atom stereocenters. The van der Waals surface area contributed by atoms with Gasteiger partial charge in [-0.3, -0.25) is 4.79 Å². The van der Waals surface area contributed by atoms with Crippen molar-refractivity contribution in [2.24, 2.45) is 5.92 Å². The molecule has 0 spiro atoms. The number of hydrogen-bond acceptors (Lipinski definition) is 4. The fourth-order valence-corrected chi connectivity index (χ4v) is 3.50. The molecule has 2 fully saturated rings. The summed E-state index contributed by atoms with van der Waals surface area (Å²) >= 11 is 6.20. The maximum absolute atomic E-state index is 12.4. The fourth-order valence-electron chi connectivity index (χ4n) is 3.29. The highest BCUT2D eigenvalue weighted by atomic mass is 35.5. The molecule has 5 nitrogen and oxygen atoms in total. The number of carbonyl (C=O) groups is 1. The zero-order valence-corrected chi connectivity index (χ0v) is 14.7. The summed E-state index contributed by atoms with van der Waals surface area (Å²) in [5.41, 5.74) is 0.998. The first-order valence-corrected chi connectivity index (χ1v) is 9.17. The quantitative estimate of drug-likeness (QED) is 0.835. The molecule has 0 bridgehead atoms. The molecule has 1 atom stereocenters. The van der Waals surface area contributed by atoms with Gasteiger partial charge < -0.3 is 14.1 Å². The van der Waals surface area contributed by atoms with E-state index in [1.807, 2.05) is 29.2 Å². The zero-order chi connectivity index (χ0) is 17.2. The molecule has 2 heterocycles. The molecule has 1 saturated carbocycles. The maximum atomic E-state index is 12.4. The molecule has 1 aliphatic carbocycles. The van der Waals surface area contributed by atoms with Crippen molar-refractivity contribution in [2.45, 2.75) is 31.8 Å². The largest absolute Gasteiger partial charge is 0.442 e. The van der Waals surface area contributed by atoms with Gasteiger partial charge in [-0.2, -0.15) is 0 Å². The van der Waals surface area contributed by atoms with Gasteiger partial charge in [0.15, 0.2) is 6.10 Å². The number of ether oxygens (including phenoxy) is 1. The molecule has 1 saturated heterocycles.